The maximum atomic E-state index is 13.3. The molecular formula is C22H27ClFN3O4S. The minimum absolute atomic E-state index is 0.000326. The van der Waals surface area contributed by atoms with Crippen LogP contribution in [0.15, 0.2) is 47.4 Å². The zero-order valence-corrected chi connectivity index (χ0v) is 19.9. The summed E-state index contributed by atoms with van der Waals surface area (Å²) in [6.45, 7) is 7.58. The summed E-state index contributed by atoms with van der Waals surface area (Å²) in [4.78, 5) is 25.6. The van der Waals surface area contributed by atoms with E-state index < -0.39 is 33.7 Å². The van der Waals surface area contributed by atoms with Crippen LogP contribution in [0.4, 0.5) is 10.1 Å². The highest BCUT2D eigenvalue weighted by Gasteiger charge is 2.27. The molecule has 0 saturated carbocycles. The summed E-state index contributed by atoms with van der Waals surface area (Å²) in [6, 6.07) is 8.52. The number of amides is 2. The van der Waals surface area contributed by atoms with Gasteiger partial charge in [-0.15, -0.1) is 0 Å². The molecule has 0 saturated heterocycles. The Balaban J connectivity index is 2.23. The second-order valence-corrected chi connectivity index (χ2v) is 9.78. The molecule has 2 amide bonds. The second kappa shape index (κ2) is 10.9. The Bertz CT molecular complexity index is 1090. The molecule has 2 aromatic rings. The number of hydrogen-bond acceptors (Lipinski definition) is 4. The summed E-state index contributed by atoms with van der Waals surface area (Å²) < 4.78 is 40.2. The Labute approximate surface area is 193 Å². The first kappa shape index (κ1) is 25.8. The van der Waals surface area contributed by atoms with Gasteiger partial charge in [-0.2, -0.15) is 4.31 Å². The Morgan fingerprint density at radius 2 is 1.75 bits per heavy atom. The van der Waals surface area contributed by atoms with Crippen molar-refractivity contribution in [1.82, 2.24) is 9.62 Å². The Morgan fingerprint density at radius 1 is 1.09 bits per heavy atom. The van der Waals surface area contributed by atoms with E-state index in [-0.39, 0.29) is 27.1 Å². The molecule has 174 valence electrons. The zero-order chi connectivity index (χ0) is 24.1. The molecule has 0 aliphatic carbocycles. The molecular weight excluding hydrogens is 457 g/mol. The predicted molar refractivity (Wildman–Crippen MR) is 123 cm³/mol. The minimum Gasteiger partial charge on any atom is -0.340 e. The van der Waals surface area contributed by atoms with E-state index in [4.69, 9.17) is 11.6 Å². The van der Waals surface area contributed by atoms with E-state index in [9.17, 15) is 22.4 Å². The SMILES string of the molecule is CCN(CC)S(=O)(=O)c1cccc(C(=O)NC(C(=O)Nc2ccc(F)c(Cl)c2)C(C)C)c1. The van der Waals surface area contributed by atoms with Gasteiger partial charge in [-0.05, 0) is 42.3 Å². The molecule has 0 spiro atoms. The van der Waals surface area contributed by atoms with E-state index in [1.54, 1.807) is 27.7 Å². The van der Waals surface area contributed by atoms with Gasteiger partial charge in [-0.25, -0.2) is 12.8 Å². The number of halogens is 2. The number of nitrogens with zero attached hydrogens (tertiary/aromatic N) is 1. The number of rotatable bonds is 9. The van der Waals surface area contributed by atoms with Crippen LogP contribution >= 0.6 is 11.6 Å². The lowest BCUT2D eigenvalue weighted by molar-refractivity contribution is -0.118. The Kier molecular flexibility index (Phi) is 8.77. The number of anilines is 1. The molecule has 0 fully saturated rings. The van der Waals surface area contributed by atoms with Crippen molar-refractivity contribution in [3.8, 4) is 0 Å². The third-order valence-electron chi connectivity index (χ3n) is 4.86. The van der Waals surface area contributed by atoms with Gasteiger partial charge in [0, 0.05) is 24.3 Å². The van der Waals surface area contributed by atoms with Crippen molar-refractivity contribution >= 4 is 39.1 Å². The van der Waals surface area contributed by atoms with Gasteiger partial charge in [0.1, 0.15) is 11.9 Å². The number of carbonyl (C=O) groups excluding carboxylic acids is 2. The average molecular weight is 484 g/mol. The summed E-state index contributed by atoms with van der Waals surface area (Å²) in [5, 5.41) is 5.12. The number of carbonyl (C=O) groups is 2. The molecule has 7 nitrogen and oxygen atoms in total. The van der Waals surface area contributed by atoms with Gasteiger partial charge in [0.2, 0.25) is 15.9 Å². The van der Waals surface area contributed by atoms with Gasteiger partial charge in [0.05, 0.1) is 9.92 Å². The molecule has 10 heteroatoms. The number of nitrogens with one attached hydrogen (secondary N) is 2. The molecule has 1 unspecified atom stereocenters. The van der Waals surface area contributed by atoms with E-state index in [1.165, 1.54) is 40.7 Å². The van der Waals surface area contributed by atoms with Crippen LogP contribution in [0.2, 0.25) is 5.02 Å². The molecule has 32 heavy (non-hydrogen) atoms. The number of benzene rings is 2. The average Bonchev–Trinajstić information content (AvgIpc) is 2.74. The van der Waals surface area contributed by atoms with Crippen LogP contribution in [-0.2, 0) is 14.8 Å². The molecule has 2 N–H and O–H groups in total. The molecule has 0 bridgehead atoms. The summed E-state index contributed by atoms with van der Waals surface area (Å²) in [7, 11) is -3.74. The van der Waals surface area contributed by atoms with E-state index in [2.05, 4.69) is 10.6 Å². The molecule has 0 aliphatic heterocycles. The fraction of sp³-hybridized carbons (Fsp3) is 0.364. The monoisotopic (exact) mass is 483 g/mol. The molecule has 2 rings (SSSR count). The Morgan fingerprint density at radius 3 is 2.31 bits per heavy atom. The minimum atomic E-state index is -3.74. The molecule has 2 aromatic carbocycles. The smallest absolute Gasteiger partial charge is 0.251 e. The van der Waals surface area contributed by atoms with Crippen molar-refractivity contribution in [2.24, 2.45) is 5.92 Å². The van der Waals surface area contributed by atoms with Crippen LogP contribution in [0.3, 0.4) is 0 Å². The van der Waals surface area contributed by atoms with Crippen molar-refractivity contribution in [2.75, 3.05) is 18.4 Å². The summed E-state index contributed by atoms with van der Waals surface area (Å²) >= 11 is 5.75. The quantitative estimate of drug-likeness (QED) is 0.565. The first-order valence-corrected chi connectivity index (χ1v) is 12.0. The maximum Gasteiger partial charge on any atom is 0.251 e. The highest BCUT2D eigenvalue weighted by Crippen LogP contribution is 2.20. The van der Waals surface area contributed by atoms with E-state index >= 15 is 0 Å². The van der Waals surface area contributed by atoms with Gasteiger partial charge in [0.15, 0.2) is 0 Å². The van der Waals surface area contributed by atoms with Crippen molar-refractivity contribution < 1.29 is 22.4 Å². The van der Waals surface area contributed by atoms with E-state index in [0.717, 1.165) is 6.07 Å². The second-order valence-electron chi connectivity index (χ2n) is 7.43. The van der Waals surface area contributed by atoms with Gasteiger partial charge in [-0.3, -0.25) is 9.59 Å². The topological polar surface area (TPSA) is 95.6 Å². The maximum absolute atomic E-state index is 13.3. The van der Waals surface area contributed by atoms with Crippen LogP contribution in [0.25, 0.3) is 0 Å². The molecule has 1 atom stereocenters. The summed E-state index contributed by atoms with van der Waals surface area (Å²) in [6.07, 6.45) is 0. The highest BCUT2D eigenvalue weighted by atomic mass is 35.5. The van der Waals surface area contributed by atoms with Crippen LogP contribution in [0, 0.1) is 11.7 Å². The number of sulfonamides is 1. The van der Waals surface area contributed by atoms with Crippen molar-refractivity contribution in [3.05, 3.63) is 58.9 Å². The largest absolute Gasteiger partial charge is 0.340 e. The third kappa shape index (κ3) is 6.05. The third-order valence-corrected chi connectivity index (χ3v) is 7.20. The lowest BCUT2D eigenvalue weighted by atomic mass is 10.0. The van der Waals surface area contributed by atoms with Gasteiger partial charge in [-0.1, -0.05) is 45.4 Å². The predicted octanol–water partition coefficient (Wildman–Crippen LogP) is 3.90. The first-order valence-electron chi connectivity index (χ1n) is 10.2. The van der Waals surface area contributed by atoms with Crippen LogP contribution in [0.1, 0.15) is 38.1 Å². The summed E-state index contributed by atoms with van der Waals surface area (Å²) in [5.41, 5.74) is 0.398. The molecule has 0 radical (unpaired) electrons. The lowest BCUT2D eigenvalue weighted by Crippen LogP contribution is -2.47. The van der Waals surface area contributed by atoms with Crippen LogP contribution in [-0.4, -0.2) is 43.7 Å². The lowest BCUT2D eigenvalue weighted by Gasteiger charge is -2.22. The normalized spacial score (nSPS) is 12.6. The van der Waals surface area contributed by atoms with E-state index in [1.807, 2.05) is 0 Å². The van der Waals surface area contributed by atoms with Gasteiger partial charge in [0.25, 0.3) is 5.91 Å². The van der Waals surface area contributed by atoms with Crippen LogP contribution < -0.4 is 10.6 Å². The number of hydrogen-bond donors (Lipinski definition) is 2. The van der Waals surface area contributed by atoms with E-state index in [0.29, 0.717) is 13.1 Å². The van der Waals surface area contributed by atoms with Crippen LogP contribution in [0.5, 0.6) is 0 Å². The molecule has 0 aromatic heterocycles. The zero-order valence-electron chi connectivity index (χ0n) is 18.4. The molecule has 0 aliphatic rings. The van der Waals surface area contributed by atoms with Crippen molar-refractivity contribution in [2.45, 2.75) is 38.6 Å². The van der Waals surface area contributed by atoms with Crippen molar-refractivity contribution in [1.29, 1.82) is 0 Å². The highest BCUT2D eigenvalue weighted by molar-refractivity contribution is 7.89. The Hall–Kier alpha value is -2.49. The standard InChI is InChI=1S/C22H27ClFN3O4S/c1-5-27(6-2)32(30,31)17-9-7-8-15(12-17)21(28)26-20(14(3)4)22(29)25-16-10-11-19(24)18(23)13-16/h7-14,20H,5-6H2,1-4H3,(H,25,29)(H,26,28). The van der Waals surface area contributed by atoms with Gasteiger partial charge < -0.3 is 10.6 Å². The van der Waals surface area contributed by atoms with Gasteiger partial charge >= 0.3 is 0 Å². The summed E-state index contributed by atoms with van der Waals surface area (Å²) in [5.74, 6) is -1.99. The first-order chi connectivity index (χ1) is 15.0. The molecule has 0 heterocycles. The van der Waals surface area contributed by atoms with Crippen molar-refractivity contribution in [3.63, 3.8) is 0 Å². The fourth-order valence-electron chi connectivity index (χ4n) is 3.06. The fourth-order valence-corrected chi connectivity index (χ4v) is 4.75.